The van der Waals surface area contributed by atoms with E-state index in [1.807, 2.05) is 0 Å². The minimum absolute atomic E-state index is 0.529. The SMILES string of the molecule is COc1c(C)c(C)c(Cl)c(C)c1C1CCNC1. The Morgan fingerprint density at radius 1 is 1.18 bits per heavy atom. The Balaban J connectivity index is 2.62. The lowest BCUT2D eigenvalue weighted by molar-refractivity contribution is 0.402. The van der Waals surface area contributed by atoms with Gasteiger partial charge >= 0.3 is 0 Å². The van der Waals surface area contributed by atoms with Crippen LogP contribution in [0.1, 0.15) is 34.6 Å². The van der Waals surface area contributed by atoms with Crippen LogP contribution in [0.2, 0.25) is 5.02 Å². The Morgan fingerprint density at radius 2 is 1.88 bits per heavy atom. The Morgan fingerprint density at radius 3 is 2.41 bits per heavy atom. The van der Waals surface area contributed by atoms with Crippen LogP contribution < -0.4 is 10.1 Å². The van der Waals surface area contributed by atoms with Gasteiger partial charge in [0.25, 0.3) is 0 Å². The van der Waals surface area contributed by atoms with Gasteiger partial charge in [0.15, 0.2) is 0 Å². The third-order valence-corrected chi connectivity index (χ3v) is 4.45. The van der Waals surface area contributed by atoms with Gasteiger partial charge in [-0.3, -0.25) is 0 Å². The molecule has 0 aromatic heterocycles. The van der Waals surface area contributed by atoms with Crippen LogP contribution in [0, 0.1) is 20.8 Å². The summed E-state index contributed by atoms with van der Waals surface area (Å²) in [6.45, 7) is 8.36. The van der Waals surface area contributed by atoms with Gasteiger partial charge in [-0.2, -0.15) is 0 Å². The van der Waals surface area contributed by atoms with Gasteiger partial charge < -0.3 is 10.1 Å². The van der Waals surface area contributed by atoms with Crippen molar-refractivity contribution < 1.29 is 4.74 Å². The molecule has 1 aromatic rings. The summed E-state index contributed by atoms with van der Waals surface area (Å²) in [4.78, 5) is 0. The number of halogens is 1. The van der Waals surface area contributed by atoms with E-state index >= 15 is 0 Å². The number of nitrogens with one attached hydrogen (secondary N) is 1. The summed E-state index contributed by atoms with van der Waals surface area (Å²) in [7, 11) is 1.75. The number of hydrogen-bond donors (Lipinski definition) is 1. The molecular formula is C14H20ClNO. The number of ether oxygens (including phenoxy) is 1. The monoisotopic (exact) mass is 253 g/mol. The second-order valence-electron chi connectivity index (χ2n) is 4.83. The van der Waals surface area contributed by atoms with Gasteiger partial charge in [-0.1, -0.05) is 11.6 Å². The average Bonchev–Trinajstić information content (AvgIpc) is 2.84. The highest BCUT2D eigenvalue weighted by Crippen LogP contribution is 2.41. The zero-order valence-corrected chi connectivity index (χ0v) is 11.7. The van der Waals surface area contributed by atoms with Crippen molar-refractivity contribution in [3.63, 3.8) is 0 Å². The fraction of sp³-hybridized carbons (Fsp3) is 0.571. The van der Waals surface area contributed by atoms with Crippen molar-refractivity contribution in [2.75, 3.05) is 20.2 Å². The molecule has 1 aromatic carbocycles. The third kappa shape index (κ3) is 2.04. The van der Waals surface area contributed by atoms with Crippen LogP contribution in [0.3, 0.4) is 0 Å². The van der Waals surface area contributed by atoms with Crippen molar-refractivity contribution in [2.24, 2.45) is 0 Å². The molecule has 1 aliphatic heterocycles. The van der Waals surface area contributed by atoms with Crippen LogP contribution in [-0.2, 0) is 0 Å². The highest BCUT2D eigenvalue weighted by atomic mass is 35.5. The lowest BCUT2D eigenvalue weighted by Crippen LogP contribution is -2.11. The van der Waals surface area contributed by atoms with Gasteiger partial charge in [-0.05, 0) is 50.4 Å². The molecule has 1 unspecified atom stereocenters. The van der Waals surface area contributed by atoms with Crippen LogP contribution in [0.25, 0.3) is 0 Å². The summed E-state index contributed by atoms with van der Waals surface area (Å²) in [5.74, 6) is 1.56. The predicted molar refractivity (Wildman–Crippen MR) is 72.4 cm³/mol. The molecule has 2 nitrogen and oxygen atoms in total. The van der Waals surface area contributed by atoms with E-state index < -0.39 is 0 Å². The van der Waals surface area contributed by atoms with E-state index in [-0.39, 0.29) is 0 Å². The molecule has 2 rings (SSSR count). The van der Waals surface area contributed by atoms with Gasteiger partial charge in [0.1, 0.15) is 5.75 Å². The van der Waals surface area contributed by atoms with Crippen LogP contribution in [0.15, 0.2) is 0 Å². The zero-order chi connectivity index (χ0) is 12.6. The van der Waals surface area contributed by atoms with Crippen LogP contribution in [-0.4, -0.2) is 20.2 Å². The van der Waals surface area contributed by atoms with E-state index in [0.29, 0.717) is 5.92 Å². The maximum absolute atomic E-state index is 6.42. The van der Waals surface area contributed by atoms with E-state index in [2.05, 4.69) is 26.1 Å². The first-order valence-electron chi connectivity index (χ1n) is 6.11. The largest absolute Gasteiger partial charge is 0.496 e. The molecular weight excluding hydrogens is 234 g/mol. The van der Waals surface area contributed by atoms with Crippen LogP contribution in [0.4, 0.5) is 0 Å². The highest BCUT2D eigenvalue weighted by Gasteiger charge is 2.25. The maximum Gasteiger partial charge on any atom is 0.125 e. The van der Waals surface area contributed by atoms with Gasteiger partial charge in [0, 0.05) is 23.0 Å². The molecule has 1 aliphatic rings. The normalized spacial score (nSPS) is 19.7. The molecule has 3 heteroatoms. The number of rotatable bonds is 2. The van der Waals surface area contributed by atoms with Gasteiger partial charge in [-0.25, -0.2) is 0 Å². The van der Waals surface area contributed by atoms with Gasteiger partial charge in [-0.15, -0.1) is 0 Å². The summed E-state index contributed by atoms with van der Waals surface area (Å²) >= 11 is 6.42. The molecule has 0 bridgehead atoms. The Hall–Kier alpha value is -0.730. The summed E-state index contributed by atoms with van der Waals surface area (Å²) in [6.07, 6.45) is 1.16. The van der Waals surface area contributed by atoms with Crippen LogP contribution in [0.5, 0.6) is 5.75 Å². The number of benzene rings is 1. The standard InChI is InChI=1S/C14H20ClNO/c1-8-9(2)14(17-4)12(10(3)13(8)15)11-5-6-16-7-11/h11,16H,5-7H2,1-4H3. The number of methoxy groups -OCH3 is 1. The quantitative estimate of drug-likeness (QED) is 0.873. The maximum atomic E-state index is 6.42. The van der Waals surface area contributed by atoms with Crippen molar-refractivity contribution in [2.45, 2.75) is 33.1 Å². The molecule has 0 saturated carbocycles. The summed E-state index contributed by atoms with van der Waals surface area (Å²) in [5, 5.41) is 4.30. The molecule has 0 spiro atoms. The zero-order valence-electron chi connectivity index (χ0n) is 11.0. The van der Waals surface area contributed by atoms with E-state index in [1.165, 1.54) is 16.7 Å². The second-order valence-corrected chi connectivity index (χ2v) is 5.20. The van der Waals surface area contributed by atoms with Gasteiger partial charge in [0.05, 0.1) is 7.11 Å². The summed E-state index contributed by atoms with van der Waals surface area (Å²) < 4.78 is 5.62. The van der Waals surface area contributed by atoms with Crippen molar-refractivity contribution in [3.05, 3.63) is 27.3 Å². The molecule has 1 saturated heterocycles. The average molecular weight is 254 g/mol. The molecule has 0 aliphatic carbocycles. The molecule has 0 radical (unpaired) electrons. The summed E-state index contributed by atoms with van der Waals surface area (Å²) in [5.41, 5.74) is 4.78. The van der Waals surface area contributed by atoms with Crippen molar-refractivity contribution >= 4 is 11.6 Å². The molecule has 1 fully saturated rings. The minimum atomic E-state index is 0.529. The fourth-order valence-corrected chi connectivity index (χ4v) is 3.01. The van der Waals surface area contributed by atoms with Crippen LogP contribution >= 0.6 is 11.6 Å². The third-order valence-electron chi connectivity index (χ3n) is 3.88. The Bertz CT molecular complexity index is 437. The first-order chi connectivity index (χ1) is 8.07. The van der Waals surface area contributed by atoms with E-state index in [9.17, 15) is 0 Å². The lowest BCUT2D eigenvalue weighted by Gasteiger charge is -2.22. The van der Waals surface area contributed by atoms with Gasteiger partial charge in [0.2, 0.25) is 0 Å². The highest BCUT2D eigenvalue weighted by molar-refractivity contribution is 6.32. The lowest BCUT2D eigenvalue weighted by atomic mass is 9.89. The molecule has 1 heterocycles. The van der Waals surface area contributed by atoms with Crippen molar-refractivity contribution in [1.29, 1.82) is 0 Å². The number of hydrogen-bond acceptors (Lipinski definition) is 2. The molecule has 1 atom stereocenters. The predicted octanol–water partition coefficient (Wildman–Crippen LogP) is 3.35. The topological polar surface area (TPSA) is 21.3 Å². The van der Waals surface area contributed by atoms with Crippen molar-refractivity contribution in [1.82, 2.24) is 5.32 Å². The first kappa shape index (κ1) is 12.7. The fourth-order valence-electron chi connectivity index (χ4n) is 2.76. The second kappa shape index (κ2) is 4.87. The molecule has 94 valence electrons. The Labute approximate surface area is 108 Å². The van der Waals surface area contributed by atoms with Crippen molar-refractivity contribution in [3.8, 4) is 5.75 Å². The van der Waals surface area contributed by atoms with E-state index in [0.717, 1.165) is 35.8 Å². The van der Waals surface area contributed by atoms with E-state index in [4.69, 9.17) is 16.3 Å². The smallest absolute Gasteiger partial charge is 0.125 e. The molecule has 1 N–H and O–H groups in total. The Kier molecular flexibility index (Phi) is 3.64. The molecule has 17 heavy (non-hydrogen) atoms. The van der Waals surface area contributed by atoms with E-state index in [1.54, 1.807) is 7.11 Å². The minimum Gasteiger partial charge on any atom is -0.496 e. The first-order valence-corrected chi connectivity index (χ1v) is 6.49. The molecule has 0 amide bonds. The summed E-state index contributed by atoms with van der Waals surface area (Å²) in [6, 6.07) is 0.